The predicted octanol–water partition coefficient (Wildman–Crippen LogP) is 0.866. The van der Waals surface area contributed by atoms with Crippen LogP contribution in [0.15, 0.2) is 35.7 Å². The highest BCUT2D eigenvalue weighted by atomic mass is 16.6. The molecule has 0 amide bonds. The maximum Gasteiger partial charge on any atom is 0.341 e. The van der Waals surface area contributed by atoms with Gasteiger partial charge in [-0.15, -0.1) is 0 Å². The number of cyclic esters (lactones) is 1. The molecule has 1 atom stereocenters. The maximum atomic E-state index is 12.3. The zero-order valence-corrected chi connectivity index (χ0v) is 11.6. The fraction of sp³-hybridized carbons (Fsp3) is 0.333. The SMILES string of the molecule is CCOC(=O)C(=C1NCCN1)[C@H]1OC(=O)c2ccccc21. The third-order valence-corrected chi connectivity index (χ3v) is 3.44. The van der Waals surface area contributed by atoms with Crippen molar-refractivity contribution in [3.8, 4) is 0 Å². The molecule has 1 aromatic carbocycles. The average Bonchev–Trinajstić information content (AvgIpc) is 3.10. The summed E-state index contributed by atoms with van der Waals surface area (Å²) < 4.78 is 10.5. The molecule has 1 saturated heterocycles. The number of benzene rings is 1. The monoisotopic (exact) mass is 288 g/mol. The van der Waals surface area contributed by atoms with E-state index in [0.717, 1.165) is 0 Å². The maximum absolute atomic E-state index is 12.3. The van der Waals surface area contributed by atoms with Gasteiger partial charge in [0.1, 0.15) is 11.4 Å². The molecule has 0 aliphatic carbocycles. The molecule has 2 aliphatic rings. The van der Waals surface area contributed by atoms with Gasteiger partial charge in [0.05, 0.1) is 12.2 Å². The Hall–Kier alpha value is -2.50. The number of rotatable bonds is 3. The molecule has 110 valence electrons. The molecule has 6 nitrogen and oxygen atoms in total. The lowest BCUT2D eigenvalue weighted by atomic mass is 9.99. The van der Waals surface area contributed by atoms with Crippen molar-refractivity contribution >= 4 is 11.9 Å². The Kier molecular flexibility index (Phi) is 3.51. The van der Waals surface area contributed by atoms with Crippen LogP contribution in [0.2, 0.25) is 0 Å². The second-order valence-electron chi connectivity index (χ2n) is 4.74. The van der Waals surface area contributed by atoms with Crippen LogP contribution >= 0.6 is 0 Å². The van der Waals surface area contributed by atoms with E-state index in [2.05, 4.69) is 10.6 Å². The molecular weight excluding hydrogens is 272 g/mol. The fourth-order valence-electron chi connectivity index (χ4n) is 2.54. The molecule has 2 heterocycles. The van der Waals surface area contributed by atoms with Crippen LogP contribution < -0.4 is 10.6 Å². The lowest BCUT2D eigenvalue weighted by Crippen LogP contribution is -2.24. The first-order valence-corrected chi connectivity index (χ1v) is 6.91. The number of ether oxygens (including phenoxy) is 2. The van der Waals surface area contributed by atoms with E-state index in [1.54, 1.807) is 25.1 Å². The number of hydrogen-bond acceptors (Lipinski definition) is 6. The zero-order chi connectivity index (χ0) is 14.8. The highest BCUT2D eigenvalue weighted by molar-refractivity contribution is 5.98. The first-order valence-electron chi connectivity index (χ1n) is 6.91. The summed E-state index contributed by atoms with van der Waals surface area (Å²) in [5.41, 5.74) is 1.49. The number of hydrogen-bond donors (Lipinski definition) is 2. The van der Waals surface area contributed by atoms with Gasteiger partial charge in [0.2, 0.25) is 0 Å². The topological polar surface area (TPSA) is 76.7 Å². The lowest BCUT2D eigenvalue weighted by Gasteiger charge is -2.17. The molecule has 3 rings (SSSR count). The molecule has 0 saturated carbocycles. The summed E-state index contributed by atoms with van der Waals surface area (Å²) in [5.74, 6) is -0.331. The van der Waals surface area contributed by atoms with Gasteiger partial charge in [-0.05, 0) is 13.0 Å². The van der Waals surface area contributed by atoms with Crippen LogP contribution in [0.3, 0.4) is 0 Å². The van der Waals surface area contributed by atoms with Gasteiger partial charge in [0, 0.05) is 18.7 Å². The Morgan fingerprint density at radius 2 is 2.05 bits per heavy atom. The van der Waals surface area contributed by atoms with Crippen LogP contribution in [-0.4, -0.2) is 31.6 Å². The van der Waals surface area contributed by atoms with E-state index < -0.39 is 18.0 Å². The largest absolute Gasteiger partial charge is 0.462 e. The van der Waals surface area contributed by atoms with Crippen LogP contribution in [0, 0.1) is 0 Å². The van der Waals surface area contributed by atoms with Crippen LogP contribution in [0.25, 0.3) is 0 Å². The molecule has 21 heavy (non-hydrogen) atoms. The molecule has 2 aliphatic heterocycles. The van der Waals surface area contributed by atoms with Gasteiger partial charge in [-0.1, -0.05) is 18.2 Å². The summed E-state index contributed by atoms with van der Waals surface area (Å²) >= 11 is 0. The van der Waals surface area contributed by atoms with Crippen molar-refractivity contribution in [1.82, 2.24) is 10.6 Å². The average molecular weight is 288 g/mol. The van der Waals surface area contributed by atoms with E-state index in [9.17, 15) is 9.59 Å². The Morgan fingerprint density at radius 1 is 1.33 bits per heavy atom. The summed E-state index contributed by atoms with van der Waals surface area (Å²) in [6, 6.07) is 7.07. The van der Waals surface area contributed by atoms with Crippen LogP contribution in [0.5, 0.6) is 0 Å². The van der Waals surface area contributed by atoms with E-state index in [1.807, 2.05) is 6.07 Å². The third kappa shape index (κ3) is 2.33. The van der Waals surface area contributed by atoms with Crippen LogP contribution in [-0.2, 0) is 14.3 Å². The molecule has 1 aromatic rings. The predicted molar refractivity (Wildman–Crippen MR) is 74.3 cm³/mol. The van der Waals surface area contributed by atoms with Crippen molar-refractivity contribution in [3.05, 3.63) is 46.8 Å². The Labute approximate surface area is 122 Å². The number of nitrogens with one attached hydrogen (secondary N) is 2. The second kappa shape index (κ2) is 5.47. The quantitative estimate of drug-likeness (QED) is 0.635. The van der Waals surface area contributed by atoms with Crippen LogP contribution in [0.1, 0.15) is 28.9 Å². The fourth-order valence-corrected chi connectivity index (χ4v) is 2.54. The van der Waals surface area contributed by atoms with Crippen molar-refractivity contribution in [3.63, 3.8) is 0 Å². The summed E-state index contributed by atoms with van der Waals surface area (Å²) in [7, 11) is 0. The van der Waals surface area contributed by atoms with E-state index in [0.29, 0.717) is 35.6 Å². The summed E-state index contributed by atoms with van der Waals surface area (Å²) in [4.78, 5) is 24.2. The minimum Gasteiger partial charge on any atom is -0.462 e. The molecule has 0 spiro atoms. The second-order valence-corrected chi connectivity index (χ2v) is 4.74. The van der Waals surface area contributed by atoms with Gasteiger partial charge in [0.15, 0.2) is 6.10 Å². The van der Waals surface area contributed by atoms with Gasteiger partial charge in [0.25, 0.3) is 0 Å². The van der Waals surface area contributed by atoms with Crippen molar-refractivity contribution in [1.29, 1.82) is 0 Å². The molecule has 6 heteroatoms. The van der Waals surface area contributed by atoms with Gasteiger partial charge >= 0.3 is 11.9 Å². The molecule has 1 fully saturated rings. The van der Waals surface area contributed by atoms with Crippen molar-refractivity contribution < 1.29 is 19.1 Å². The van der Waals surface area contributed by atoms with Gasteiger partial charge in [-0.3, -0.25) is 0 Å². The number of carbonyl (C=O) groups is 2. The van der Waals surface area contributed by atoms with Gasteiger partial charge in [-0.2, -0.15) is 0 Å². The van der Waals surface area contributed by atoms with E-state index in [4.69, 9.17) is 9.47 Å². The Bertz CT molecular complexity index is 616. The first kappa shape index (κ1) is 13.5. The van der Waals surface area contributed by atoms with Crippen molar-refractivity contribution in [2.75, 3.05) is 19.7 Å². The first-order chi connectivity index (χ1) is 10.2. The van der Waals surface area contributed by atoms with Gasteiger partial charge in [-0.25, -0.2) is 9.59 Å². The van der Waals surface area contributed by atoms with E-state index >= 15 is 0 Å². The highest BCUT2D eigenvalue weighted by Crippen LogP contribution is 2.37. The van der Waals surface area contributed by atoms with Crippen LogP contribution in [0.4, 0.5) is 0 Å². The smallest absolute Gasteiger partial charge is 0.341 e. The van der Waals surface area contributed by atoms with Crippen molar-refractivity contribution in [2.24, 2.45) is 0 Å². The minimum absolute atomic E-state index is 0.262. The van der Waals surface area contributed by atoms with Gasteiger partial charge < -0.3 is 20.1 Å². The summed E-state index contributed by atoms with van der Waals surface area (Å²) in [6.07, 6.45) is -0.735. The number of esters is 2. The normalized spacial score (nSPS) is 19.4. The molecule has 0 aromatic heterocycles. The number of carbonyl (C=O) groups excluding carboxylic acids is 2. The Morgan fingerprint density at radius 3 is 2.76 bits per heavy atom. The third-order valence-electron chi connectivity index (χ3n) is 3.44. The van der Waals surface area contributed by atoms with E-state index in [1.165, 1.54) is 0 Å². The van der Waals surface area contributed by atoms with E-state index in [-0.39, 0.29) is 6.61 Å². The molecule has 0 radical (unpaired) electrons. The number of fused-ring (bicyclic) bond motifs is 1. The molecular formula is C15H16N2O4. The highest BCUT2D eigenvalue weighted by Gasteiger charge is 2.39. The Balaban J connectivity index is 2.04. The molecule has 0 bridgehead atoms. The van der Waals surface area contributed by atoms with Crippen molar-refractivity contribution in [2.45, 2.75) is 13.0 Å². The standard InChI is InChI=1S/C15H16N2O4/c1-2-20-15(19)11(13-16-7-8-17-13)12-9-5-3-4-6-10(9)14(18)21-12/h3-6,12,16-17H,2,7-8H2,1H3/t12-/m0/s1. The summed E-state index contributed by atoms with van der Waals surface area (Å²) in [5, 5.41) is 6.19. The zero-order valence-electron chi connectivity index (χ0n) is 11.6. The molecule has 0 unspecified atom stereocenters. The minimum atomic E-state index is -0.735. The summed E-state index contributed by atoms with van der Waals surface area (Å²) in [6.45, 7) is 3.42. The lowest BCUT2D eigenvalue weighted by molar-refractivity contribution is -0.139. The molecule has 2 N–H and O–H groups in total.